The highest BCUT2D eigenvalue weighted by Gasteiger charge is 2.19. The highest BCUT2D eigenvalue weighted by atomic mass is 32.3. The van der Waals surface area contributed by atoms with Gasteiger partial charge in [0.15, 0.2) is 15.5 Å². The number of sulfone groups is 1. The van der Waals surface area contributed by atoms with Gasteiger partial charge >= 0.3 is 10.4 Å². The Morgan fingerprint density at radius 3 is 2.32 bits per heavy atom. The van der Waals surface area contributed by atoms with Crippen LogP contribution in [0.2, 0.25) is 0 Å². The van der Waals surface area contributed by atoms with Gasteiger partial charge in [-0.3, -0.25) is 13.9 Å². The van der Waals surface area contributed by atoms with E-state index in [0.29, 0.717) is 13.0 Å². The van der Waals surface area contributed by atoms with E-state index in [9.17, 15) is 32.0 Å². The summed E-state index contributed by atoms with van der Waals surface area (Å²) >= 11 is 0. The second kappa shape index (κ2) is 11.3. The lowest BCUT2D eigenvalue weighted by Gasteiger charge is -2.12. The van der Waals surface area contributed by atoms with Gasteiger partial charge in [-0.25, -0.2) is 12.6 Å². The van der Waals surface area contributed by atoms with Crippen molar-refractivity contribution in [3.05, 3.63) is 45.7 Å². The molecule has 0 amide bonds. The molecule has 1 heterocycles. The number of nitriles is 1. The van der Waals surface area contributed by atoms with E-state index in [0.717, 1.165) is 4.57 Å². The summed E-state index contributed by atoms with van der Waals surface area (Å²) in [7, 11) is -7.18. The number of benzene rings is 1. The molecule has 0 radical (unpaired) electrons. The fourth-order valence-electron chi connectivity index (χ4n) is 2.83. The molecule has 34 heavy (non-hydrogen) atoms. The number of aromatic hydroxyl groups is 1. The van der Waals surface area contributed by atoms with Crippen molar-refractivity contribution in [1.29, 1.82) is 5.26 Å². The Morgan fingerprint density at radius 1 is 1.12 bits per heavy atom. The van der Waals surface area contributed by atoms with Crippen molar-refractivity contribution in [2.75, 3.05) is 26.1 Å². The molecule has 0 saturated heterocycles. The zero-order chi connectivity index (χ0) is 25.5. The van der Waals surface area contributed by atoms with Crippen LogP contribution in [0.5, 0.6) is 5.88 Å². The topological polar surface area (TPSA) is 198 Å². The molecule has 0 spiro atoms. The van der Waals surface area contributed by atoms with Gasteiger partial charge in [-0.05, 0) is 37.6 Å². The zero-order valence-corrected chi connectivity index (χ0v) is 19.8. The molecule has 1 aromatic carbocycles. The molecule has 0 bridgehead atoms. The lowest BCUT2D eigenvalue weighted by Crippen LogP contribution is -2.22. The van der Waals surface area contributed by atoms with Crippen LogP contribution < -0.4 is 5.56 Å². The van der Waals surface area contributed by atoms with Crippen molar-refractivity contribution in [1.82, 2.24) is 4.57 Å². The van der Waals surface area contributed by atoms with Gasteiger partial charge in [0.2, 0.25) is 5.88 Å². The molecule has 0 fully saturated rings. The zero-order valence-electron chi connectivity index (χ0n) is 18.2. The Labute approximate surface area is 195 Å². The maximum absolute atomic E-state index is 12.8. The van der Waals surface area contributed by atoms with Gasteiger partial charge in [-0.1, -0.05) is 0 Å². The highest BCUT2D eigenvalue weighted by molar-refractivity contribution is 7.91. The summed E-state index contributed by atoms with van der Waals surface area (Å²) in [6.07, 6.45) is 0.402. The monoisotopic (exact) mass is 514 g/mol. The predicted octanol–water partition coefficient (Wildman–Crippen LogP) is 1.78. The first-order valence-corrected chi connectivity index (χ1v) is 12.6. The number of azo groups is 1. The van der Waals surface area contributed by atoms with Crippen molar-refractivity contribution < 1.29 is 35.4 Å². The van der Waals surface area contributed by atoms with E-state index in [1.54, 1.807) is 0 Å². The Balaban J connectivity index is 2.31. The molecule has 0 aliphatic carbocycles. The van der Waals surface area contributed by atoms with Gasteiger partial charge in [0.25, 0.3) is 5.56 Å². The number of aromatic nitrogens is 1. The van der Waals surface area contributed by atoms with Crippen molar-refractivity contribution in [3.63, 3.8) is 0 Å². The molecular weight excluding hydrogens is 492 g/mol. The first kappa shape index (κ1) is 27.1. The van der Waals surface area contributed by atoms with Crippen LogP contribution in [0.1, 0.15) is 17.5 Å². The average Bonchev–Trinajstić information content (AvgIpc) is 2.75. The molecule has 0 unspecified atom stereocenters. The summed E-state index contributed by atoms with van der Waals surface area (Å²) < 4.78 is 64.0. The standard InChI is InChI=1S/C19H22N4O9S2/c1-13-16(12-20)18(24)23(8-3-9-31-2)19(25)17(13)22-21-14-4-6-15(7-5-14)33(26,27)11-10-32-34(28,29)30/h4-7,24H,3,8-11H2,1-2H3,(H,28,29,30). The SMILES string of the molecule is COCCCn1c(O)c(C#N)c(C)c(N=Nc2ccc(S(=O)(=O)CCOS(=O)(=O)O)cc2)c1=O. The Bertz CT molecular complexity index is 1370. The molecule has 1 aromatic heterocycles. The molecule has 184 valence electrons. The number of pyridine rings is 1. The van der Waals surface area contributed by atoms with E-state index in [-0.39, 0.29) is 33.9 Å². The minimum atomic E-state index is -4.76. The van der Waals surface area contributed by atoms with E-state index >= 15 is 0 Å². The number of methoxy groups -OCH3 is 1. The quantitative estimate of drug-likeness (QED) is 0.253. The van der Waals surface area contributed by atoms with E-state index in [1.165, 1.54) is 38.3 Å². The van der Waals surface area contributed by atoms with Crippen molar-refractivity contribution in [2.24, 2.45) is 10.2 Å². The smallest absolute Gasteiger partial charge is 0.397 e. The fourth-order valence-corrected chi connectivity index (χ4v) is 4.31. The van der Waals surface area contributed by atoms with Crippen molar-refractivity contribution in [2.45, 2.75) is 24.8 Å². The fraction of sp³-hybridized carbons (Fsp3) is 0.368. The summed E-state index contributed by atoms with van der Waals surface area (Å²) in [5.41, 5.74) is -0.628. The van der Waals surface area contributed by atoms with Gasteiger partial charge < -0.3 is 9.84 Å². The number of hydrogen-bond acceptors (Lipinski definition) is 11. The van der Waals surface area contributed by atoms with Crippen molar-refractivity contribution >= 4 is 31.6 Å². The van der Waals surface area contributed by atoms with Crippen LogP contribution in [0.15, 0.2) is 44.2 Å². The summed E-state index contributed by atoms with van der Waals surface area (Å²) in [4.78, 5) is 12.6. The number of ether oxygens (including phenoxy) is 1. The molecule has 2 aromatic rings. The van der Waals surface area contributed by atoms with Crippen LogP contribution in [-0.4, -0.2) is 57.1 Å². The summed E-state index contributed by atoms with van der Waals surface area (Å²) in [5.74, 6) is -1.17. The van der Waals surface area contributed by atoms with Gasteiger partial charge in [-0.15, -0.1) is 5.11 Å². The third-order valence-electron chi connectivity index (χ3n) is 4.54. The van der Waals surface area contributed by atoms with Crippen LogP contribution in [0, 0.1) is 18.3 Å². The lowest BCUT2D eigenvalue weighted by atomic mass is 10.1. The van der Waals surface area contributed by atoms with Gasteiger partial charge in [0, 0.05) is 25.8 Å². The van der Waals surface area contributed by atoms with Gasteiger partial charge in [-0.2, -0.15) is 18.8 Å². The Morgan fingerprint density at radius 2 is 1.76 bits per heavy atom. The molecule has 15 heteroatoms. The van der Waals surface area contributed by atoms with E-state index < -0.39 is 44.0 Å². The Kier molecular flexibility index (Phi) is 9.01. The molecule has 0 aliphatic rings. The van der Waals surface area contributed by atoms with Gasteiger partial charge in [0.1, 0.15) is 11.6 Å². The summed E-state index contributed by atoms with van der Waals surface area (Å²) in [6.45, 7) is 1.10. The highest BCUT2D eigenvalue weighted by Crippen LogP contribution is 2.27. The van der Waals surface area contributed by atoms with Crippen LogP contribution >= 0.6 is 0 Å². The summed E-state index contributed by atoms with van der Waals surface area (Å²) in [6, 6.07) is 6.84. The first-order valence-electron chi connectivity index (χ1n) is 9.63. The molecule has 2 rings (SSSR count). The number of nitrogens with zero attached hydrogens (tertiary/aromatic N) is 4. The van der Waals surface area contributed by atoms with Crippen LogP contribution in [-0.2, 0) is 35.7 Å². The minimum absolute atomic E-state index is 0.0871. The summed E-state index contributed by atoms with van der Waals surface area (Å²) in [5, 5.41) is 27.5. The number of hydrogen-bond donors (Lipinski definition) is 2. The number of rotatable bonds is 11. The molecule has 0 saturated carbocycles. The van der Waals surface area contributed by atoms with Crippen molar-refractivity contribution in [3.8, 4) is 11.9 Å². The van der Waals surface area contributed by atoms with Crippen LogP contribution in [0.3, 0.4) is 0 Å². The van der Waals surface area contributed by atoms with Crippen LogP contribution in [0.4, 0.5) is 11.4 Å². The average molecular weight is 515 g/mol. The molecule has 0 aliphatic heterocycles. The lowest BCUT2D eigenvalue weighted by molar-refractivity contribution is 0.188. The largest absolute Gasteiger partial charge is 0.493 e. The third kappa shape index (κ3) is 6.92. The maximum Gasteiger partial charge on any atom is 0.397 e. The minimum Gasteiger partial charge on any atom is -0.493 e. The second-order valence-electron chi connectivity index (χ2n) is 6.85. The first-order chi connectivity index (χ1) is 15.9. The van der Waals surface area contributed by atoms with Gasteiger partial charge in [0.05, 0.1) is 22.9 Å². The molecule has 0 atom stereocenters. The van der Waals surface area contributed by atoms with Crippen LogP contribution in [0.25, 0.3) is 0 Å². The van der Waals surface area contributed by atoms with E-state index in [4.69, 9.17) is 9.29 Å². The predicted molar refractivity (Wildman–Crippen MR) is 118 cm³/mol. The third-order valence-corrected chi connectivity index (χ3v) is 6.70. The second-order valence-corrected chi connectivity index (χ2v) is 10.0. The maximum atomic E-state index is 12.8. The molecule has 13 nitrogen and oxygen atoms in total. The van der Waals surface area contributed by atoms with E-state index in [2.05, 4.69) is 14.4 Å². The van der Waals surface area contributed by atoms with E-state index in [1.807, 2.05) is 6.07 Å². The molecular formula is C19H22N4O9S2. The Hall–Kier alpha value is -3.16. The molecule has 2 N–H and O–H groups in total. The normalized spacial score (nSPS) is 12.2.